The van der Waals surface area contributed by atoms with Crippen molar-refractivity contribution in [1.82, 2.24) is 0 Å². The predicted molar refractivity (Wildman–Crippen MR) is 190 cm³/mol. The third-order valence-corrected chi connectivity index (χ3v) is 9.74. The van der Waals surface area contributed by atoms with E-state index in [2.05, 4.69) is 168 Å². The number of furan rings is 1. The molecule has 0 spiro atoms. The first-order valence-corrected chi connectivity index (χ1v) is 15.7. The Morgan fingerprint density at radius 1 is 0.364 bits per heavy atom. The molecule has 0 aliphatic rings. The second-order valence-electron chi connectivity index (χ2n) is 11.4. The van der Waals surface area contributed by atoms with Crippen molar-refractivity contribution in [3.63, 3.8) is 0 Å². The first kappa shape index (κ1) is 25.3. The lowest BCUT2D eigenvalue weighted by atomic mass is 9.89. The van der Waals surface area contributed by atoms with E-state index in [1.165, 1.54) is 59.8 Å². The van der Waals surface area contributed by atoms with Crippen LogP contribution in [0.5, 0.6) is 0 Å². The lowest BCUT2D eigenvalue weighted by molar-refractivity contribution is 0.630. The minimum Gasteiger partial charge on any atom is -0.455 e. The zero-order valence-electron chi connectivity index (χ0n) is 23.7. The second-order valence-corrected chi connectivity index (χ2v) is 12.2. The Kier molecular flexibility index (Phi) is 5.72. The maximum Gasteiger partial charge on any atom is 0.150 e. The fourth-order valence-corrected chi connectivity index (χ4v) is 7.50. The van der Waals surface area contributed by atoms with E-state index in [0.29, 0.717) is 0 Å². The van der Waals surface area contributed by atoms with Crippen LogP contribution in [0.4, 0.5) is 0 Å². The number of halogens is 1. The number of benzene rings is 8. The van der Waals surface area contributed by atoms with Gasteiger partial charge in [-0.1, -0.05) is 133 Å². The van der Waals surface area contributed by atoms with E-state index in [0.717, 1.165) is 32.3 Å². The largest absolute Gasteiger partial charge is 0.455 e. The number of hydrogen-bond acceptors (Lipinski definition) is 1. The van der Waals surface area contributed by atoms with Gasteiger partial charge in [0.05, 0.1) is 4.47 Å². The van der Waals surface area contributed by atoms with E-state index in [1.54, 1.807) is 0 Å². The third kappa shape index (κ3) is 3.85. The highest BCUT2D eigenvalue weighted by Crippen LogP contribution is 2.43. The Labute approximate surface area is 263 Å². The summed E-state index contributed by atoms with van der Waals surface area (Å²) in [6.45, 7) is 0. The molecular weight excluding hydrogens is 600 g/mol. The first-order chi connectivity index (χ1) is 21.7. The minimum atomic E-state index is 0.857. The number of hydrogen-bond donors (Lipinski definition) is 0. The van der Waals surface area contributed by atoms with Crippen LogP contribution in [-0.2, 0) is 0 Å². The Hall–Kier alpha value is -5.18. The summed E-state index contributed by atoms with van der Waals surface area (Å²) in [5.41, 5.74) is 6.71. The summed E-state index contributed by atoms with van der Waals surface area (Å²) >= 11 is 3.92. The normalized spacial score (nSPS) is 11.8. The molecule has 206 valence electrons. The molecule has 1 aromatic heterocycles. The Balaban J connectivity index is 1.22. The van der Waals surface area contributed by atoms with Gasteiger partial charge < -0.3 is 4.42 Å². The summed E-state index contributed by atoms with van der Waals surface area (Å²) in [4.78, 5) is 0. The molecule has 0 N–H and O–H groups in total. The zero-order chi connectivity index (χ0) is 29.2. The monoisotopic (exact) mass is 624 g/mol. The van der Waals surface area contributed by atoms with Crippen LogP contribution in [0.3, 0.4) is 0 Å². The predicted octanol–water partition coefficient (Wildman–Crippen LogP) is 12.8. The van der Waals surface area contributed by atoms with Crippen molar-refractivity contribution in [2.24, 2.45) is 0 Å². The van der Waals surface area contributed by atoms with Crippen LogP contribution in [0.15, 0.2) is 161 Å². The van der Waals surface area contributed by atoms with Crippen LogP contribution in [0.2, 0.25) is 0 Å². The van der Waals surface area contributed by atoms with Gasteiger partial charge >= 0.3 is 0 Å². The fourth-order valence-electron chi connectivity index (χ4n) is 6.89. The van der Waals surface area contributed by atoms with Crippen LogP contribution in [0.1, 0.15) is 0 Å². The molecule has 9 aromatic rings. The fraction of sp³-hybridized carbons (Fsp3) is 0. The highest BCUT2D eigenvalue weighted by molar-refractivity contribution is 9.10. The Bertz CT molecular complexity index is 2530. The molecule has 8 aromatic carbocycles. The van der Waals surface area contributed by atoms with Crippen molar-refractivity contribution in [3.8, 4) is 33.6 Å². The molecule has 0 fully saturated rings. The van der Waals surface area contributed by atoms with Crippen LogP contribution >= 0.6 is 15.9 Å². The molecule has 0 aliphatic carbocycles. The molecule has 0 aliphatic heterocycles. The Morgan fingerprint density at radius 2 is 0.841 bits per heavy atom. The van der Waals surface area contributed by atoms with Crippen molar-refractivity contribution in [3.05, 3.63) is 156 Å². The highest BCUT2D eigenvalue weighted by Gasteiger charge is 2.18. The molecule has 0 atom stereocenters. The summed E-state index contributed by atoms with van der Waals surface area (Å²) in [5, 5.41) is 11.2. The first-order valence-electron chi connectivity index (χ1n) is 14.9. The van der Waals surface area contributed by atoms with Gasteiger partial charge in [0, 0.05) is 10.9 Å². The molecule has 0 unspecified atom stereocenters. The molecule has 0 saturated heterocycles. The lowest BCUT2D eigenvalue weighted by Crippen LogP contribution is -1.87. The van der Waals surface area contributed by atoms with E-state index in [4.69, 9.17) is 4.42 Å². The molecule has 2 heteroatoms. The molecule has 0 saturated carbocycles. The minimum absolute atomic E-state index is 0.857. The van der Waals surface area contributed by atoms with Gasteiger partial charge in [-0.15, -0.1) is 0 Å². The van der Waals surface area contributed by atoms with Gasteiger partial charge in [0.15, 0.2) is 0 Å². The van der Waals surface area contributed by atoms with Crippen molar-refractivity contribution in [1.29, 1.82) is 0 Å². The molecule has 1 heterocycles. The molecule has 44 heavy (non-hydrogen) atoms. The van der Waals surface area contributed by atoms with Gasteiger partial charge in [0.2, 0.25) is 0 Å². The summed E-state index contributed by atoms with van der Waals surface area (Å²) in [6, 6.07) is 54.5. The Morgan fingerprint density at radius 3 is 1.52 bits per heavy atom. The summed E-state index contributed by atoms with van der Waals surface area (Å²) in [6.07, 6.45) is 0. The van der Waals surface area contributed by atoms with Gasteiger partial charge in [-0.3, -0.25) is 0 Å². The average molecular weight is 626 g/mol. The number of rotatable bonds is 3. The van der Waals surface area contributed by atoms with Gasteiger partial charge in [-0.2, -0.15) is 0 Å². The average Bonchev–Trinajstić information content (AvgIpc) is 3.43. The lowest BCUT2D eigenvalue weighted by Gasteiger charge is -2.14. The summed E-state index contributed by atoms with van der Waals surface area (Å²) < 4.78 is 7.46. The molecule has 9 rings (SSSR count). The van der Waals surface area contributed by atoms with Crippen LogP contribution in [-0.4, -0.2) is 0 Å². The topological polar surface area (TPSA) is 13.1 Å². The maximum absolute atomic E-state index is 6.48. The van der Waals surface area contributed by atoms with Gasteiger partial charge in [-0.05, 0) is 99.5 Å². The van der Waals surface area contributed by atoms with E-state index >= 15 is 0 Å². The molecule has 0 amide bonds. The van der Waals surface area contributed by atoms with Crippen molar-refractivity contribution in [2.75, 3.05) is 0 Å². The van der Waals surface area contributed by atoms with Gasteiger partial charge in [0.1, 0.15) is 11.3 Å². The van der Waals surface area contributed by atoms with E-state index in [1.807, 2.05) is 0 Å². The van der Waals surface area contributed by atoms with Crippen molar-refractivity contribution in [2.45, 2.75) is 0 Å². The summed E-state index contributed by atoms with van der Waals surface area (Å²) in [7, 11) is 0. The maximum atomic E-state index is 6.48. The standard InChI is InChI=1S/C42H25BrO/c43-41-39-25-28(21-23-40(39)44-42(41)37-19-9-11-26-10-1-2-12-29(26)37)31-14-4-3-13-30(31)27-20-22-36-34-17-6-5-15-32(34)33-16-7-8-18-35(33)38(36)24-27/h1-25H. The summed E-state index contributed by atoms with van der Waals surface area (Å²) in [5.74, 6) is 0.857. The second kappa shape index (κ2) is 9.94. The molecule has 0 bridgehead atoms. The van der Waals surface area contributed by atoms with Crippen LogP contribution in [0, 0.1) is 0 Å². The quantitative estimate of drug-likeness (QED) is 0.178. The van der Waals surface area contributed by atoms with Crippen molar-refractivity contribution < 1.29 is 4.42 Å². The molecular formula is C42H25BrO. The number of fused-ring (bicyclic) bond motifs is 8. The van der Waals surface area contributed by atoms with Gasteiger partial charge in [0.25, 0.3) is 0 Å². The van der Waals surface area contributed by atoms with E-state index in [-0.39, 0.29) is 0 Å². The SMILES string of the molecule is Brc1c(-c2cccc3ccccc23)oc2ccc(-c3ccccc3-c3ccc4c5ccccc5c5ccccc5c4c3)cc12. The van der Waals surface area contributed by atoms with Crippen LogP contribution in [0.25, 0.3) is 87.6 Å². The highest BCUT2D eigenvalue weighted by atomic mass is 79.9. The smallest absolute Gasteiger partial charge is 0.150 e. The molecule has 1 nitrogen and oxygen atoms in total. The third-order valence-electron chi connectivity index (χ3n) is 8.95. The van der Waals surface area contributed by atoms with Crippen molar-refractivity contribution >= 4 is 70.0 Å². The molecule has 0 radical (unpaired) electrons. The van der Waals surface area contributed by atoms with Crippen LogP contribution < -0.4 is 0 Å². The zero-order valence-corrected chi connectivity index (χ0v) is 25.3. The van der Waals surface area contributed by atoms with E-state index in [9.17, 15) is 0 Å². The van der Waals surface area contributed by atoms with E-state index < -0.39 is 0 Å². The van der Waals surface area contributed by atoms with Gasteiger partial charge in [-0.25, -0.2) is 0 Å².